The predicted molar refractivity (Wildman–Crippen MR) is 136 cm³/mol. The van der Waals surface area contributed by atoms with Crippen LogP contribution in [0.1, 0.15) is 25.2 Å². The zero-order chi connectivity index (χ0) is 24.9. The Bertz CT molecular complexity index is 1760. The van der Waals surface area contributed by atoms with Crippen LogP contribution in [0.5, 0.6) is 0 Å². The molecular formula is C30H20F2N4Pt. The Hall–Kier alpha value is -3.76. The van der Waals surface area contributed by atoms with Gasteiger partial charge >= 0.3 is 21.1 Å². The molecule has 0 bridgehead atoms. The summed E-state index contributed by atoms with van der Waals surface area (Å²) in [7, 11) is 0. The van der Waals surface area contributed by atoms with Crippen molar-refractivity contribution in [2.24, 2.45) is 0 Å². The summed E-state index contributed by atoms with van der Waals surface area (Å²) in [5.41, 5.74) is 3.23. The first-order valence-corrected chi connectivity index (χ1v) is 11.5. The van der Waals surface area contributed by atoms with Crippen LogP contribution in [0, 0.1) is 24.0 Å². The van der Waals surface area contributed by atoms with Gasteiger partial charge in [0.1, 0.15) is 5.95 Å². The fraction of sp³-hybridized carbons (Fsp3) is 0.100. The van der Waals surface area contributed by atoms with Crippen LogP contribution in [-0.4, -0.2) is 19.7 Å². The zero-order valence-corrected chi connectivity index (χ0v) is 22.2. The maximum Gasteiger partial charge on any atom is 2.00 e. The van der Waals surface area contributed by atoms with Crippen molar-refractivity contribution in [3.05, 3.63) is 120 Å². The van der Waals surface area contributed by atoms with Crippen LogP contribution in [0.2, 0.25) is 0 Å². The van der Waals surface area contributed by atoms with Crippen LogP contribution in [0.4, 0.5) is 8.78 Å². The normalized spacial score (nSPS) is 11.6. The van der Waals surface area contributed by atoms with E-state index in [1.54, 1.807) is 0 Å². The average molecular weight is 670 g/mol. The van der Waals surface area contributed by atoms with Crippen molar-refractivity contribution in [3.63, 3.8) is 0 Å². The van der Waals surface area contributed by atoms with Crippen molar-refractivity contribution in [3.8, 4) is 16.9 Å². The molecule has 184 valence electrons. The van der Waals surface area contributed by atoms with Gasteiger partial charge in [0.05, 0.1) is 22.6 Å². The van der Waals surface area contributed by atoms with Crippen molar-refractivity contribution < 1.29 is 29.8 Å². The Kier molecular flexibility index (Phi) is 6.47. The third-order valence-electron chi connectivity index (χ3n) is 6.49. The summed E-state index contributed by atoms with van der Waals surface area (Å²) in [6.07, 6.45) is 0. The summed E-state index contributed by atoms with van der Waals surface area (Å²) in [4.78, 5) is 8.35. The molecule has 0 radical (unpaired) electrons. The third kappa shape index (κ3) is 4.25. The number of para-hydroxylation sites is 1. The molecule has 0 aliphatic carbocycles. The van der Waals surface area contributed by atoms with Gasteiger partial charge in [-0.1, -0.05) is 60.0 Å². The van der Waals surface area contributed by atoms with Crippen LogP contribution < -0.4 is 0 Å². The Balaban J connectivity index is 0.00000280. The minimum absolute atomic E-state index is 0. The molecule has 0 spiro atoms. The first kappa shape index (κ1) is 24.9. The monoisotopic (exact) mass is 669 g/mol. The van der Waals surface area contributed by atoms with Gasteiger partial charge in [-0.15, -0.1) is 41.3 Å². The Labute approximate surface area is 227 Å². The van der Waals surface area contributed by atoms with Gasteiger partial charge in [-0.2, -0.15) is 5.10 Å². The van der Waals surface area contributed by atoms with Crippen LogP contribution in [0.15, 0.2) is 84.9 Å². The van der Waals surface area contributed by atoms with Gasteiger partial charge in [-0.05, 0) is 31.7 Å². The van der Waals surface area contributed by atoms with Gasteiger partial charge in [0.15, 0.2) is 0 Å². The van der Waals surface area contributed by atoms with Gasteiger partial charge in [0.25, 0.3) is 0 Å². The molecular weight excluding hydrogens is 649 g/mol. The number of aromatic nitrogens is 4. The van der Waals surface area contributed by atoms with E-state index in [1.165, 1.54) is 4.68 Å². The van der Waals surface area contributed by atoms with Gasteiger partial charge in [-0.25, -0.2) is 0 Å². The maximum absolute atomic E-state index is 14.6. The molecule has 0 atom stereocenters. The predicted octanol–water partition coefficient (Wildman–Crippen LogP) is 6.84. The molecule has 4 nitrogen and oxygen atoms in total. The molecule has 37 heavy (non-hydrogen) atoms. The van der Waals surface area contributed by atoms with E-state index in [0.717, 1.165) is 39.2 Å². The first-order chi connectivity index (χ1) is 17.4. The summed E-state index contributed by atoms with van der Waals surface area (Å²) in [5, 5.41) is 7.82. The number of fused-ring (bicyclic) bond motifs is 2. The van der Waals surface area contributed by atoms with Crippen LogP contribution in [-0.2, 0) is 26.5 Å². The quantitative estimate of drug-likeness (QED) is 0.153. The van der Waals surface area contributed by atoms with E-state index in [9.17, 15) is 8.78 Å². The molecule has 7 heteroatoms. The molecule has 0 aliphatic rings. The van der Waals surface area contributed by atoms with E-state index >= 15 is 0 Å². The van der Waals surface area contributed by atoms with Crippen molar-refractivity contribution in [1.29, 1.82) is 0 Å². The molecule has 0 fully saturated rings. The van der Waals surface area contributed by atoms with Crippen LogP contribution in [0.25, 0.3) is 38.6 Å². The maximum atomic E-state index is 14.6. The summed E-state index contributed by atoms with van der Waals surface area (Å²) in [6.45, 7) is 4.07. The number of pyridine rings is 2. The summed E-state index contributed by atoms with van der Waals surface area (Å²) in [6, 6.07) is 32.5. The number of nitrogens with zero attached hydrogens (tertiary/aromatic N) is 4. The van der Waals surface area contributed by atoms with Crippen LogP contribution >= 0.6 is 0 Å². The molecule has 0 saturated heterocycles. The van der Waals surface area contributed by atoms with E-state index in [4.69, 9.17) is 10.1 Å². The molecule has 0 saturated carbocycles. The minimum atomic E-state index is -0.973. The van der Waals surface area contributed by atoms with E-state index in [-0.39, 0.29) is 26.8 Å². The van der Waals surface area contributed by atoms with Crippen LogP contribution in [0.3, 0.4) is 0 Å². The Morgan fingerprint density at radius 3 is 2.38 bits per heavy atom. The van der Waals surface area contributed by atoms with E-state index in [1.807, 2.05) is 80.6 Å². The second kappa shape index (κ2) is 9.60. The van der Waals surface area contributed by atoms with Gasteiger partial charge < -0.3 is 9.97 Å². The standard InChI is InChI=1S/C30H20F2N4.Pt/c1-30(2,26-16-8-14-23(33-26)21-13-7-10-19-9-3-4-11-20(19)21)28-22-12-5-6-15-24(22)36(35-28)25-17-18-27(31)34-29(25)32;/h3-12,14-16,18H,1-2H3;/q-2;+2. The molecule has 0 unspecified atom stereocenters. The summed E-state index contributed by atoms with van der Waals surface area (Å²) >= 11 is 0. The van der Waals surface area contributed by atoms with Crippen molar-refractivity contribution in [2.45, 2.75) is 19.3 Å². The van der Waals surface area contributed by atoms with E-state index in [2.05, 4.69) is 29.2 Å². The van der Waals surface area contributed by atoms with E-state index < -0.39 is 17.3 Å². The molecule has 0 amide bonds. The molecule has 6 aromatic rings. The fourth-order valence-corrected chi connectivity index (χ4v) is 4.63. The zero-order valence-electron chi connectivity index (χ0n) is 19.9. The first-order valence-electron chi connectivity index (χ1n) is 11.5. The molecule has 3 heterocycles. The number of hydrogen-bond donors (Lipinski definition) is 0. The minimum Gasteiger partial charge on any atom is -0.322 e. The van der Waals surface area contributed by atoms with Gasteiger partial charge in [0, 0.05) is 16.8 Å². The van der Waals surface area contributed by atoms with Gasteiger partial charge in [0.2, 0.25) is 0 Å². The number of rotatable bonds is 4. The average Bonchev–Trinajstić information content (AvgIpc) is 3.29. The largest absolute Gasteiger partial charge is 2.00 e. The Morgan fingerprint density at radius 2 is 1.57 bits per heavy atom. The van der Waals surface area contributed by atoms with Crippen molar-refractivity contribution >= 4 is 21.7 Å². The number of benzene rings is 3. The fourth-order valence-electron chi connectivity index (χ4n) is 4.63. The molecule has 6 rings (SSSR count). The molecule has 0 N–H and O–H groups in total. The number of halogens is 2. The second-order valence-electron chi connectivity index (χ2n) is 9.11. The molecule has 0 aliphatic heterocycles. The molecule has 3 aromatic heterocycles. The summed E-state index contributed by atoms with van der Waals surface area (Å²) in [5.74, 6) is -1.90. The van der Waals surface area contributed by atoms with Gasteiger partial charge in [-0.3, -0.25) is 13.5 Å². The second-order valence-corrected chi connectivity index (χ2v) is 9.11. The SMILES string of the molecule is CC(C)(c1cccc(-c2[c-]ccc3ccccc23)n1)c1nn(-c2[c-]cc(F)nc2F)c2ccccc12.[Pt+2]. The topological polar surface area (TPSA) is 43.6 Å². The van der Waals surface area contributed by atoms with Crippen molar-refractivity contribution in [1.82, 2.24) is 19.7 Å². The summed E-state index contributed by atoms with van der Waals surface area (Å²) < 4.78 is 29.5. The van der Waals surface area contributed by atoms with E-state index in [0.29, 0.717) is 11.2 Å². The smallest absolute Gasteiger partial charge is 0.322 e. The van der Waals surface area contributed by atoms with Crippen molar-refractivity contribution in [2.75, 3.05) is 0 Å². The Morgan fingerprint density at radius 1 is 0.811 bits per heavy atom. The number of hydrogen-bond acceptors (Lipinski definition) is 3. The molecule has 3 aromatic carbocycles. The third-order valence-corrected chi connectivity index (χ3v) is 6.49.